The van der Waals surface area contributed by atoms with Crippen LogP contribution < -0.4 is 16.4 Å². The van der Waals surface area contributed by atoms with Crippen LogP contribution >= 0.6 is 0 Å². The Kier molecular flexibility index (Phi) is 2.72. The molecule has 1 saturated heterocycles. The quantitative estimate of drug-likeness (QED) is 0.639. The molecule has 1 aliphatic heterocycles. The summed E-state index contributed by atoms with van der Waals surface area (Å²) in [7, 11) is 0. The van der Waals surface area contributed by atoms with Gasteiger partial charge in [-0.05, 0) is 12.1 Å². The first-order valence-corrected chi connectivity index (χ1v) is 4.94. The minimum Gasteiger partial charge on any atom is -0.384 e. The lowest BCUT2D eigenvalue weighted by molar-refractivity contribution is -0.123. The Bertz CT molecular complexity index is 415. The van der Waals surface area contributed by atoms with Crippen molar-refractivity contribution in [1.29, 1.82) is 0 Å². The van der Waals surface area contributed by atoms with Gasteiger partial charge in [-0.15, -0.1) is 0 Å². The Balaban J connectivity index is 1.97. The molecule has 2 rings (SSSR count). The first-order chi connectivity index (χ1) is 7.65. The smallest absolute Gasteiger partial charge is 0.229 e. The monoisotopic (exact) mass is 220 g/mol. The van der Waals surface area contributed by atoms with Crippen LogP contribution in [0.4, 0.5) is 11.5 Å². The molecule has 1 aromatic heterocycles. The first kappa shape index (κ1) is 10.4. The summed E-state index contributed by atoms with van der Waals surface area (Å²) in [6, 6.07) is 3.28. The van der Waals surface area contributed by atoms with E-state index >= 15 is 0 Å². The van der Waals surface area contributed by atoms with E-state index in [1.54, 1.807) is 12.1 Å². The van der Waals surface area contributed by atoms with Crippen molar-refractivity contribution in [2.75, 3.05) is 17.6 Å². The summed E-state index contributed by atoms with van der Waals surface area (Å²) in [4.78, 5) is 26.5. The van der Waals surface area contributed by atoms with Crippen LogP contribution in [-0.4, -0.2) is 23.3 Å². The predicted octanol–water partition coefficient (Wildman–Crippen LogP) is -0.262. The van der Waals surface area contributed by atoms with Gasteiger partial charge in [0.05, 0.1) is 17.8 Å². The van der Waals surface area contributed by atoms with E-state index in [1.165, 1.54) is 6.20 Å². The SMILES string of the molecule is Nc1ccc(NC(=O)C2CNC(=O)C2)cn1. The second-order valence-electron chi connectivity index (χ2n) is 3.67. The largest absolute Gasteiger partial charge is 0.384 e. The first-order valence-electron chi connectivity index (χ1n) is 4.94. The summed E-state index contributed by atoms with van der Waals surface area (Å²) < 4.78 is 0. The van der Waals surface area contributed by atoms with Gasteiger partial charge in [0.1, 0.15) is 5.82 Å². The fraction of sp³-hybridized carbons (Fsp3) is 0.300. The highest BCUT2D eigenvalue weighted by Gasteiger charge is 2.27. The number of anilines is 2. The second-order valence-corrected chi connectivity index (χ2v) is 3.67. The molecule has 0 radical (unpaired) electrons. The van der Waals surface area contributed by atoms with Crippen molar-refractivity contribution in [3.05, 3.63) is 18.3 Å². The molecule has 6 heteroatoms. The van der Waals surface area contributed by atoms with Gasteiger partial charge in [0.25, 0.3) is 0 Å². The van der Waals surface area contributed by atoms with E-state index in [-0.39, 0.29) is 24.2 Å². The summed E-state index contributed by atoms with van der Waals surface area (Å²) in [5.74, 6) is -0.165. The van der Waals surface area contributed by atoms with Crippen molar-refractivity contribution >= 4 is 23.3 Å². The average Bonchev–Trinajstić information content (AvgIpc) is 2.68. The minimum absolute atomic E-state index is 0.0874. The maximum Gasteiger partial charge on any atom is 0.229 e. The highest BCUT2D eigenvalue weighted by Crippen LogP contribution is 2.13. The van der Waals surface area contributed by atoms with E-state index in [0.717, 1.165) is 0 Å². The molecule has 1 atom stereocenters. The number of nitrogens with two attached hydrogens (primary N) is 1. The van der Waals surface area contributed by atoms with Gasteiger partial charge < -0.3 is 16.4 Å². The van der Waals surface area contributed by atoms with Crippen molar-refractivity contribution in [2.45, 2.75) is 6.42 Å². The fourth-order valence-electron chi connectivity index (χ4n) is 1.51. The number of rotatable bonds is 2. The van der Waals surface area contributed by atoms with Gasteiger partial charge in [0, 0.05) is 13.0 Å². The molecule has 4 N–H and O–H groups in total. The molecule has 16 heavy (non-hydrogen) atoms. The van der Waals surface area contributed by atoms with E-state index in [4.69, 9.17) is 5.73 Å². The lowest BCUT2D eigenvalue weighted by Crippen LogP contribution is -2.24. The third-order valence-corrected chi connectivity index (χ3v) is 2.40. The molecular formula is C10H12N4O2. The molecule has 84 valence electrons. The van der Waals surface area contributed by atoms with Crippen molar-refractivity contribution in [3.8, 4) is 0 Å². The Hall–Kier alpha value is -2.11. The lowest BCUT2D eigenvalue weighted by Gasteiger charge is -2.08. The predicted molar refractivity (Wildman–Crippen MR) is 58.4 cm³/mol. The van der Waals surface area contributed by atoms with Crippen molar-refractivity contribution in [2.24, 2.45) is 5.92 Å². The van der Waals surface area contributed by atoms with Crippen LogP contribution in [0.2, 0.25) is 0 Å². The van der Waals surface area contributed by atoms with Gasteiger partial charge in [-0.25, -0.2) is 4.98 Å². The number of carbonyl (C=O) groups is 2. The topological polar surface area (TPSA) is 97.1 Å². The molecule has 6 nitrogen and oxygen atoms in total. The number of carbonyl (C=O) groups excluding carboxylic acids is 2. The maximum atomic E-state index is 11.7. The number of nitrogens with zero attached hydrogens (tertiary/aromatic N) is 1. The molecular weight excluding hydrogens is 208 g/mol. The van der Waals surface area contributed by atoms with Gasteiger partial charge in [-0.3, -0.25) is 9.59 Å². The number of amides is 2. The van der Waals surface area contributed by atoms with Crippen LogP contribution in [0.5, 0.6) is 0 Å². The summed E-state index contributed by atoms with van der Waals surface area (Å²) in [6.45, 7) is 0.396. The van der Waals surface area contributed by atoms with Crippen molar-refractivity contribution in [3.63, 3.8) is 0 Å². The van der Waals surface area contributed by atoms with Gasteiger partial charge in [0.15, 0.2) is 0 Å². The van der Waals surface area contributed by atoms with Crippen LogP contribution in [-0.2, 0) is 9.59 Å². The Morgan fingerprint density at radius 1 is 1.56 bits per heavy atom. The fourth-order valence-corrected chi connectivity index (χ4v) is 1.51. The Labute approximate surface area is 92.2 Å². The molecule has 1 aromatic rings. The number of hydrogen-bond donors (Lipinski definition) is 3. The van der Waals surface area contributed by atoms with Crippen LogP contribution in [0.25, 0.3) is 0 Å². The standard InChI is InChI=1S/C10H12N4O2/c11-8-2-1-7(5-12-8)14-10(16)6-3-9(15)13-4-6/h1-2,5-6H,3-4H2,(H2,11,12)(H,13,15)(H,14,16). The van der Waals surface area contributed by atoms with Gasteiger partial charge in [-0.2, -0.15) is 0 Å². The van der Waals surface area contributed by atoms with Crippen LogP contribution in [0, 0.1) is 5.92 Å². The van der Waals surface area contributed by atoms with E-state index < -0.39 is 0 Å². The molecule has 2 heterocycles. The molecule has 0 bridgehead atoms. The number of hydrogen-bond acceptors (Lipinski definition) is 4. The van der Waals surface area contributed by atoms with E-state index in [9.17, 15) is 9.59 Å². The third-order valence-electron chi connectivity index (χ3n) is 2.40. The zero-order valence-electron chi connectivity index (χ0n) is 8.56. The van der Waals surface area contributed by atoms with Gasteiger partial charge in [0.2, 0.25) is 11.8 Å². The molecule has 1 aliphatic rings. The number of aromatic nitrogens is 1. The van der Waals surface area contributed by atoms with E-state index in [0.29, 0.717) is 18.1 Å². The van der Waals surface area contributed by atoms with Crippen LogP contribution in [0.15, 0.2) is 18.3 Å². The summed E-state index contributed by atoms with van der Waals surface area (Å²) in [5.41, 5.74) is 6.00. The number of nitrogen functional groups attached to an aromatic ring is 1. The lowest BCUT2D eigenvalue weighted by atomic mass is 10.1. The van der Waals surface area contributed by atoms with Crippen molar-refractivity contribution in [1.82, 2.24) is 10.3 Å². The normalized spacial score (nSPS) is 19.2. The molecule has 0 spiro atoms. The Morgan fingerprint density at radius 3 is 2.94 bits per heavy atom. The number of pyridine rings is 1. The summed E-state index contributed by atoms with van der Waals surface area (Å²) >= 11 is 0. The third kappa shape index (κ3) is 2.28. The molecule has 0 aliphatic carbocycles. The van der Waals surface area contributed by atoms with Gasteiger partial charge >= 0.3 is 0 Å². The highest BCUT2D eigenvalue weighted by molar-refractivity contribution is 5.97. The van der Waals surface area contributed by atoms with Crippen LogP contribution in [0.1, 0.15) is 6.42 Å². The average molecular weight is 220 g/mol. The molecule has 1 fully saturated rings. The summed E-state index contributed by atoms with van der Waals surface area (Å²) in [5, 5.41) is 5.29. The second kappa shape index (κ2) is 4.18. The highest BCUT2D eigenvalue weighted by atomic mass is 16.2. The minimum atomic E-state index is -0.301. The maximum absolute atomic E-state index is 11.7. The van der Waals surface area contributed by atoms with Crippen LogP contribution in [0.3, 0.4) is 0 Å². The van der Waals surface area contributed by atoms with Gasteiger partial charge in [-0.1, -0.05) is 0 Å². The number of nitrogens with one attached hydrogen (secondary N) is 2. The molecule has 1 unspecified atom stereocenters. The van der Waals surface area contributed by atoms with Crippen molar-refractivity contribution < 1.29 is 9.59 Å². The summed E-state index contributed by atoms with van der Waals surface area (Å²) in [6.07, 6.45) is 1.73. The molecule has 0 saturated carbocycles. The zero-order valence-corrected chi connectivity index (χ0v) is 8.56. The zero-order chi connectivity index (χ0) is 11.5. The van der Waals surface area contributed by atoms with E-state index in [1.807, 2.05) is 0 Å². The molecule has 0 aromatic carbocycles. The molecule has 2 amide bonds. The van der Waals surface area contributed by atoms with E-state index in [2.05, 4.69) is 15.6 Å². The Morgan fingerprint density at radius 2 is 2.38 bits per heavy atom.